The van der Waals surface area contributed by atoms with E-state index in [2.05, 4.69) is 19.8 Å². The first-order valence-corrected chi connectivity index (χ1v) is 17.5. The molecule has 0 bridgehead atoms. The van der Waals surface area contributed by atoms with Gasteiger partial charge in [-0.1, -0.05) is 63.6 Å². The lowest BCUT2D eigenvalue weighted by molar-refractivity contribution is -0.164. The molecule has 1 aliphatic heterocycles. The van der Waals surface area contributed by atoms with E-state index in [1.54, 1.807) is 0 Å². The Morgan fingerprint density at radius 2 is 1.94 bits per heavy atom. The van der Waals surface area contributed by atoms with Gasteiger partial charge in [-0.25, -0.2) is 23.2 Å². The van der Waals surface area contributed by atoms with E-state index in [1.807, 2.05) is 62.7 Å². The molecule has 52 heavy (non-hydrogen) atoms. The first-order valence-electron chi connectivity index (χ1n) is 16.3. The van der Waals surface area contributed by atoms with E-state index in [0.717, 1.165) is 27.2 Å². The molecule has 2 fully saturated rings. The molecule has 1 aromatic carbocycles. The number of hydrogen-bond acceptors (Lipinski definition) is 8. The number of nitrogens with one attached hydrogen (secondary N) is 3. The molecule has 1 saturated heterocycles. The van der Waals surface area contributed by atoms with Crippen molar-refractivity contribution in [3.63, 3.8) is 0 Å². The second-order valence-electron chi connectivity index (χ2n) is 14.7. The highest BCUT2D eigenvalue weighted by atomic mass is 35.5. The van der Waals surface area contributed by atoms with Crippen LogP contribution in [0.2, 0.25) is 5.02 Å². The van der Waals surface area contributed by atoms with Gasteiger partial charge in [0.05, 0.1) is 22.4 Å². The SMILES string of the molecule is CC(C)(C)C[C@]1(C2(C)C=CC(c3ccsn3)=CC2)NC(=N)N([C@H](COC(=O)NC2(C(F)(F)F)CC2)c2ccc(Cl)c(-n3ncnc3C(F)F)c2)C1=O. The number of alkyl carbamates (subject to hydrolysis) is 1. The number of alkyl halides is 5. The van der Waals surface area contributed by atoms with E-state index in [0.29, 0.717) is 6.42 Å². The van der Waals surface area contributed by atoms with E-state index < -0.39 is 65.0 Å². The predicted molar refractivity (Wildman–Crippen MR) is 183 cm³/mol. The number of rotatable bonds is 10. The zero-order chi connectivity index (χ0) is 37.9. The lowest BCUT2D eigenvalue weighted by atomic mass is 9.61. The summed E-state index contributed by atoms with van der Waals surface area (Å²) in [5.74, 6) is -1.63. The van der Waals surface area contributed by atoms with Gasteiger partial charge in [-0.05, 0) is 72.0 Å². The van der Waals surface area contributed by atoms with Crippen molar-refractivity contribution in [3.8, 4) is 5.69 Å². The van der Waals surface area contributed by atoms with Gasteiger partial charge in [0.1, 0.15) is 24.0 Å². The summed E-state index contributed by atoms with van der Waals surface area (Å²) in [6.45, 7) is 7.04. The molecule has 3 aliphatic rings. The van der Waals surface area contributed by atoms with Gasteiger partial charge >= 0.3 is 12.3 Å². The van der Waals surface area contributed by atoms with E-state index in [4.69, 9.17) is 16.3 Å². The van der Waals surface area contributed by atoms with Crippen LogP contribution in [0.5, 0.6) is 0 Å². The average molecular weight is 767 g/mol. The lowest BCUT2D eigenvalue weighted by Gasteiger charge is -2.46. The van der Waals surface area contributed by atoms with Crippen LogP contribution in [-0.4, -0.2) is 65.9 Å². The molecule has 278 valence electrons. The van der Waals surface area contributed by atoms with Crippen molar-refractivity contribution in [2.45, 2.75) is 83.1 Å². The highest BCUT2D eigenvalue weighted by Gasteiger charge is 2.65. The summed E-state index contributed by atoms with van der Waals surface area (Å²) in [4.78, 5) is 32.7. The number of carbonyl (C=O) groups is 2. The fourth-order valence-corrected chi connectivity index (χ4v) is 7.55. The first-order chi connectivity index (χ1) is 24.3. The number of allylic oxidation sites excluding steroid dienone is 3. The van der Waals surface area contributed by atoms with Crippen LogP contribution in [0.1, 0.15) is 82.9 Å². The minimum Gasteiger partial charge on any atom is -0.447 e. The molecule has 2 aliphatic carbocycles. The molecular formula is C34H36ClF5N8O3S. The van der Waals surface area contributed by atoms with Gasteiger partial charge in [-0.15, -0.1) is 0 Å². The molecule has 2 aromatic heterocycles. The molecule has 3 atom stereocenters. The van der Waals surface area contributed by atoms with E-state index in [1.165, 1.54) is 29.7 Å². The summed E-state index contributed by atoms with van der Waals surface area (Å²) in [5, 5.41) is 20.0. The number of guanidine groups is 1. The molecule has 1 saturated carbocycles. The van der Waals surface area contributed by atoms with Gasteiger partial charge in [-0.3, -0.25) is 15.1 Å². The number of hydrogen-bond donors (Lipinski definition) is 3. The third-order valence-electron chi connectivity index (χ3n) is 9.71. The van der Waals surface area contributed by atoms with Gasteiger partial charge in [0.15, 0.2) is 11.8 Å². The Bertz CT molecular complexity index is 1940. The van der Waals surface area contributed by atoms with Gasteiger partial charge in [0.25, 0.3) is 12.3 Å². The van der Waals surface area contributed by atoms with Gasteiger partial charge in [0.2, 0.25) is 0 Å². The second kappa shape index (κ2) is 13.2. The van der Waals surface area contributed by atoms with Crippen LogP contribution < -0.4 is 10.6 Å². The maximum Gasteiger partial charge on any atom is 0.411 e. The second-order valence-corrected chi connectivity index (χ2v) is 15.7. The summed E-state index contributed by atoms with van der Waals surface area (Å²) < 4.78 is 79.3. The summed E-state index contributed by atoms with van der Waals surface area (Å²) in [6, 6.07) is 4.70. The van der Waals surface area contributed by atoms with Gasteiger partial charge in [0, 0.05) is 10.8 Å². The van der Waals surface area contributed by atoms with Crippen molar-refractivity contribution >= 4 is 46.7 Å². The highest BCUT2D eigenvalue weighted by Crippen LogP contribution is 2.51. The molecule has 18 heteroatoms. The Morgan fingerprint density at radius 1 is 1.21 bits per heavy atom. The largest absolute Gasteiger partial charge is 0.447 e. The Balaban J connectivity index is 1.40. The van der Waals surface area contributed by atoms with Crippen molar-refractivity contribution in [2.24, 2.45) is 10.8 Å². The van der Waals surface area contributed by atoms with Crippen molar-refractivity contribution in [3.05, 3.63) is 76.3 Å². The highest BCUT2D eigenvalue weighted by molar-refractivity contribution is 7.03. The Labute approximate surface area is 304 Å². The predicted octanol–water partition coefficient (Wildman–Crippen LogP) is 7.77. The van der Waals surface area contributed by atoms with Crippen molar-refractivity contribution < 1.29 is 36.3 Å². The normalized spacial score (nSPS) is 23.4. The Hall–Kier alpha value is -4.38. The van der Waals surface area contributed by atoms with Crippen LogP contribution in [-0.2, 0) is 9.53 Å². The number of halogens is 6. The van der Waals surface area contributed by atoms with Crippen LogP contribution in [0.3, 0.4) is 0 Å². The van der Waals surface area contributed by atoms with Crippen LogP contribution in [0.15, 0.2) is 54.2 Å². The average Bonchev–Trinajstić information content (AvgIpc) is 3.38. The molecule has 1 unspecified atom stereocenters. The fraction of sp³-hybridized carbons (Fsp3) is 0.471. The lowest BCUT2D eigenvalue weighted by Crippen LogP contribution is -2.60. The van der Waals surface area contributed by atoms with Crippen LogP contribution in [0.4, 0.5) is 26.7 Å². The first kappa shape index (κ1) is 37.4. The third kappa shape index (κ3) is 6.79. The molecule has 11 nitrogen and oxygen atoms in total. The van der Waals surface area contributed by atoms with Crippen molar-refractivity contribution in [2.75, 3.05) is 6.61 Å². The van der Waals surface area contributed by atoms with Crippen molar-refractivity contribution in [1.82, 2.24) is 34.7 Å². The Morgan fingerprint density at radius 3 is 2.52 bits per heavy atom. The number of ether oxygens (including phenoxy) is 1. The standard InChI is InChI=1S/C34H36ClF5N8O3S/c1-30(2,3)17-33(31(4)10-7-19(8-11-31)22-9-14-52-46-22)27(49)47(28(41)44-33)24(16-51-29(50)45-32(12-13-32)34(38,39)40)20-5-6-21(35)23(15-20)48-26(25(36)37)42-18-43-48/h5-10,14-15,18,24-25H,11-13,16-17H2,1-4H3,(H2,41,44)(H,45,50)/t24-,31?,33+/m1/s1. The molecule has 2 amide bonds. The minimum absolute atomic E-state index is 0.0139. The van der Waals surface area contributed by atoms with E-state index in [9.17, 15) is 32.2 Å². The number of amides is 2. The van der Waals surface area contributed by atoms with Gasteiger partial charge in [-0.2, -0.15) is 22.6 Å². The van der Waals surface area contributed by atoms with Gasteiger partial charge < -0.3 is 15.4 Å². The third-order valence-corrected chi connectivity index (χ3v) is 10.6. The maximum atomic E-state index is 15.1. The monoisotopic (exact) mass is 766 g/mol. The number of aromatic nitrogens is 4. The summed E-state index contributed by atoms with van der Waals surface area (Å²) in [7, 11) is 0. The molecule has 6 rings (SSSR count). The number of nitrogens with zero attached hydrogens (tertiary/aromatic N) is 5. The van der Waals surface area contributed by atoms with Crippen LogP contribution in [0.25, 0.3) is 11.3 Å². The molecule has 0 radical (unpaired) electrons. The summed E-state index contributed by atoms with van der Waals surface area (Å²) >= 11 is 7.74. The summed E-state index contributed by atoms with van der Waals surface area (Å²) in [5.41, 5.74) is -3.46. The topological polar surface area (TPSA) is 138 Å². The number of carbonyl (C=O) groups excluding carboxylic acids is 2. The molecule has 3 aromatic rings. The van der Waals surface area contributed by atoms with Crippen LogP contribution in [0, 0.1) is 16.2 Å². The molecule has 3 heterocycles. The fourth-order valence-electron chi connectivity index (χ4n) is 6.82. The minimum atomic E-state index is -4.71. The molecule has 0 spiro atoms. The summed E-state index contributed by atoms with van der Waals surface area (Å²) in [6.07, 6.45) is -2.45. The quantitative estimate of drug-likeness (QED) is 0.179. The van der Waals surface area contributed by atoms with E-state index in [-0.39, 0.29) is 41.5 Å². The van der Waals surface area contributed by atoms with E-state index >= 15 is 4.79 Å². The Kier molecular flexibility index (Phi) is 9.51. The number of benzene rings is 1. The maximum absolute atomic E-state index is 15.1. The molecule has 3 N–H and O–H groups in total. The smallest absolute Gasteiger partial charge is 0.411 e. The zero-order valence-electron chi connectivity index (χ0n) is 28.5. The van der Waals surface area contributed by atoms with Crippen molar-refractivity contribution in [1.29, 1.82) is 5.41 Å². The zero-order valence-corrected chi connectivity index (χ0v) is 30.1. The molecular weight excluding hydrogens is 731 g/mol. The van der Waals surface area contributed by atoms with Crippen LogP contribution >= 0.6 is 23.1 Å².